The smallest absolute Gasteiger partial charge is 0.159 e. The van der Waals surface area contributed by atoms with Crippen molar-refractivity contribution in [1.82, 2.24) is 9.97 Å². The van der Waals surface area contributed by atoms with Gasteiger partial charge in [0.2, 0.25) is 0 Å². The Bertz CT molecular complexity index is 833. The molecule has 0 unspecified atom stereocenters. The zero-order valence-corrected chi connectivity index (χ0v) is 11.3. The van der Waals surface area contributed by atoms with Crippen molar-refractivity contribution >= 4 is 28.2 Å². The Labute approximate surface area is 120 Å². The van der Waals surface area contributed by atoms with Gasteiger partial charge in [0.05, 0.1) is 5.52 Å². The van der Waals surface area contributed by atoms with Crippen molar-refractivity contribution in [3.8, 4) is 0 Å². The standard InChI is InChI=1S/C16H12FN3O/c1-10(21)11-3-2-4-13(7-11)20-16-14-8-12(17)5-6-15(14)18-9-19-16/h2-9H,1H3,(H,18,19,20). The Morgan fingerprint density at radius 1 is 1.14 bits per heavy atom. The van der Waals surface area contributed by atoms with Crippen molar-refractivity contribution in [2.24, 2.45) is 0 Å². The van der Waals surface area contributed by atoms with Crippen LogP contribution in [0.3, 0.4) is 0 Å². The highest BCUT2D eigenvalue weighted by Gasteiger charge is 2.06. The minimum absolute atomic E-state index is 0.0164. The molecule has 0 atom stereocenters. The summed E-state index contributed by atoms with van der Waals surface area (Å²) in [5.41, 5.74) is 1.97. The van der Waals surface area contributed by atoms with Gasteiger partial charge in [0.25, 0.3) is 0 Å². The Morgan fingerprint density at radius 2 is 2.00 bits per heavy atom. The Hall–Kier alpha value is -2.82. The number of nitrogens with zero attached hydrogens (tertiary/aromatic N) is 2. The van der Waals surface area contributed by atoms with Crippen LogP contribution in [0.5, 0.6) is 0 Å². The fourth-order valence-corrected chi connectivity index (χ4v) is 2.08. The first-order valence-corrected chi connectivity index (χ1v) is 6.42. The van der Waals surface area contributed by atoms with E-state index in [0.29, 0.717) is 28.0 Å². The maximum absolute atomic E-state index is 13.4. The van der Waals surface area contributed by atoms with E-state index in [2.05, 4.69) is 15.3 Å². The molecule has 0 spiro atoms. The number of ketones is 1. The molecular formula is C16H12FN3O. The van der Waals surface area contributed by atoms with E-state index < -0.39 is 0 Å². The van der Waals surface area contributed by atoms with Crippen LogP contribution in [-0.4, -0.2) is 15.8 Å². The lowest BCUT2D eigenvalue weighted by Crippen LogP contribution is -1.98. The summed E-state index contributed by atoms with van der Waals surface area (Å²) in [7, 11) is 0. The van der Waals surface area contributed by atoms with E-state index in [1.165, 1.54) is 25.4 Å². The first kappa shape index (κ1) is 13.2. The maximum Gasteiger partial charge on any atom is 0.159 e. The second-order valence-electron chi connectivity index (χ2n) is 4.65. The molecule has 5 heteroatoms. The van der Waals surface area contributed by atoms with Crippen LogP contribution in [0.15, 0.2) is 48.8 Å². The van der Waals surface area contributed by atoms with Crippen molar-refractivity contribution in [2.45, 2.75) is 6.92 Å². The van der Waals surface area contributed by atoms with Gasteiger partial charge in [0, 0.05) is 16.6 Å². The predicted molar refractivity (Wildman–Crippen MR) is 79.2 cm³/mol. The second-order valence-corrected chi connectivity index (χ2v) is 4.65. The zero-order valence-electron chi connectivity index (χ0n) is 11.3. The van der Waals surface area contributed by atoms with E-state index in [0.717, 1.165) is 0 Å². The fourth-order valence-electron chi connectivity index (χ4n) is 2.08. The lowest BCUT2D eigenvalue weighted by Gasteiger charge is -2.09. The van der Waals surface area contributed by atoms with Gasteiger partial charge in [-0.3, -0.25) is 4.79 Å². The number of rotatable bonds is 3. The molecule has 1 N–H and O–H groups in total. The molecule has 0 aliphatic carbocycles. The third-order valence-electron chi connectivity index (χ3n) is 3.13. The van der Waals surface area contributed by atoms with E-state index in [1.54, 1.807) is 24.3 Å². The number of Topliss-reactive ketones (excluding diaryl/α,β-unsaturated/α-hetero) is 1. The number of benzene rings is 2. The highest BCUT2D eigenvalue weighted by molar-refractivity contribution is 5.96. The van der Waals surface area contributed by atoms with Gasteiger partial charge in [0.1, 0.15) is 18.0 Å². The molecule has 104 valence electrons. The zero-order chi connectivity index (χ0) is 14.8. The topological polar surface area (TPSA) is 54.9 Å². The molecule has 1 heterocycles. The Morgan fingerprint density at radius 3 is 2.81 bits per heavy atom. The van der Waals surface area contributed by atoms with Gasteiger partial charge >= 0.3 is 0 Å². The van der Waals surface area contributed by atoms with Crippen molar-refractivity contribution in [2.75, 3.05) is 5.32 Å². The molecule has 0 aliphatic heterocycles. The maximum atomic E-state index is 13.4. The van der Waals surface area contributed by atoms with Gasteiger partial charge in [-0.25, -0.2) is 14.4 Å². The molecule has 0 bridgehead atoms. The number of halogens is 1. The first-order chi connectivity index (χ1) is 10.1. The van der Waals surface area contributed by atoms with Crippen molar-refractivity contribution < 1.29 is 9.18 Å². The van der Waals surface area contributed by atoms with Crippen LogP contribution in [0, 0.1) is 5.82 Å². The number of carbonyl (C=O) groups excluding carboxylic acids is 1. The van der Waals surface area contributed by atoms with Gasteiger partial charge < -0.3 is 5.32 Å². The number of fused-ring (bicyclic) bond motifs is 1. The SMILES string of the molecule is CC(=O)c1cccc(Nc2ncnc3ccc(F)cc23)c1. The highest BCUT2D eigenvalue weighted by atomic mass is 19.1. The van der Waals surface area contributed by atoms with E-state index in [4.69, 9.17) is 0 Å². The number of aromatic nitrogens is 2. The molecule has 3 aromatic rings. The van der Waals surface area contributed by atoms with Crippen LogP contribution >= 0.6 is 0 Å². The first-order valence-electron chi connectivity index (χ1n) is 6.42. The lowest BCUT2D eigenvalue weighted by molar-refractivity contribution is 0.101. The van der Waals surface area contributed by atoms with Crippen LogP contribution in [0.1, 0.15) is 17.3 Å². The van der Waals surface area contributed by atoms with E-state index in [-0.39, 0.29) is 11.6 Å². The highest BCUT2D eigenvalue weighted by Crippen LogP contribution is 2.24. The van der Waals surface area contributed by atoms with Crippen molar-refractivity contribution in [1.29, 1.82) is 0 Å². The summed E-state index contributed by atoms with van der Waals surface area (Å²) in [6.07, 6.45) is 1.41. The molecule has 21 heavy (non-hydrogen) atoms. The molecule has 0 radical (unpaired) electrons. The number of hydrogen-bond donors (Lipinski definition) is 1. The number of anilines is 2. The second kappa shape index (κ2) is 5.28. The molecular weight excluding hydrogens is 269 g/mol. The minimum atomic E-state index is -0.349. The molecule has 0 fully saturated rings. The van der Waals surface area contributed by atoms with Crippen LogP contribution < -0.4 is 5.32 Å². The predicted octanol–water partition coefficient (Wildman–Crippen LogP) is 3.72. The average molecular weight is 281 g/mol. The molecule has 2 aromatic carbocycles. The molecule has 1 aromatic heterocycles. The molecule has 0 saturated heterocycles. The summed E-state index contributed by atoms with van der Waals surface area (Å²) in [5.74, 6) is 0.135. The summed E-state index contributed by atoms with van der Waals surface area (Å²) in [5, 5.41) is 3.69. The van der Waals surface area contributed by atoms with Crippen LogP contribution in [0.4, 0.5) is 15.9 Å². The Balaban J connectivity index is 2.04. The lowest BCUT2D eigenvalue weighted by atomic mass is 10.1. The van der Waals surface area contributed by atoms with Gasteiger partial charge in [-0.1, -0.05) is 12.1 Å². The summed E-state index contributed by atoms with van der Waals surface area (Å²) in [6, 6.07) is 11.4. The summed E-state index contributed by atoms with van der Waals surface area (Å²) in [6.45, 7) is 1.51. The monoisotopic (exact) mass is 281 g/mol. The van der Waals surface area contributed by atoms with Crippen LogP contribution in [0.25, 0.3) is 10.9 Å². The summed E-state index contributed by atoms with van der Waals surface area (Å²) in [4.78, 5) is 19.6. The van der Waals surface area contributed by atoms with E-state index in [1.807, 2.05) is 6.07 Å². The number of carbonyl (C=O) groups is 1. The minimum Gasteiger partial charge on any atom is -0.340 e. The van der Waals surface area contributed by atoms with Gasteiger partial charge in [0.15, 0.2) is 5.78 Å². The molecule has 4 nitrogen and oxygen atoms in total. The Kier molecular flexibility index (Phi) is 3.31. The number of hydrogen-bond acceptors (Lipinski definition) is 4. The van der Waals surface area contributed by atoms with E-state index >= 15 is 0 Å². The third-order valence-corrected chi connectivity index (χ3v) is 3.13. The molecule has 3 rings (SSSR count). The average Bonchev–Trinajstić information content (AvgIpc) is 2.48. The van der Waals surface area contributed by atoms with Gasteiger partial charge in [-0.2, -0.15) is 0 Å². The quantitative estimate of drug-likeness (QED) is 0.743. The third kappa shape index (κ3) is 2.72. The molecule has 0 aliphatic rings. The van der Waals surface area contributed by atoms with Crippen LogP contribution in [-0.2, 0) is 0 Å². The largest absolute Gasteiger partial charge is 0.340 e. The van der Waals surface area contributed by atoms with E-state index in [9.17, 15) is 9.18 Å². The normalized spacial score (nSPS) is 10.6. The molecule has 0 saturated carbocycles. The fraction of sp³-hybridized carbons (Fsp3) is 0.0625. The number of nitrogens with one attached hydrogen (secondary N) is 1. The summed E-state index contributed by atoms with van der Waals surface area (Å²) >= 11 is 0. The summed E-state index contributed by atoms with van der Waals surface area (Å²) < 4.78 is 13.4. The van der Waals surface area contributed by atoms with Crippen molar-refractivity contribution in [3.05, 3.63) is 60.2 Å². The van der Waals surface area contributed by atoms with Gasteiger partial charge in [-0.05, 0) is 37.3 Å². The molecule has 0 amide bonds. The van der Waals surface area contributed by atoms with Crippen LogP contribution in [0.2, 0.25) is 0 Å². The van der Waals surface area contributed by atoms with Gasteiger partial charge in [-0.15, -0.1) is 0 Å². The van der Waals surface area contributed by atoms with Crippen molar-refractivity contribution in [3.63, 3.8) is 0 Å².